The van der Waals surface area contributed by atoms with Gasteiger partial charge < -0.3 is 61.5 Å². The van der Waals surface area contributed by atoms with Gasteiger partial charge in [0, 0.05) is 160 Å². The molecule has 0 radical (unpaired) electrons. The molecule has 0 saturated carbocycles. The average molecular weight is 1960 g/mol. The highest BCUT2D eigenvalue weighted by Crippen LogP contribution is 2.37. The van der Waals surface area contributed by atoms with Gasteiger partial charge in [-0.2, -0.15) is 0 Å². The van der Waals surface area contributed by atoms with Crippen LogP contribution in [0.5, 0.6) is 46.0 Å². The fourth-order valence-electron chi connectivity index (χ4n) is 13.7. The second-order valence-corrected chi connectivity index (χ2v) is 31.5. The molecule has 8 heterocycles. The number of hydrogen-bond donors (Lipinski definition) is 8. The molecule has 0 bridgehead atoms. The van der Waals surface area contributed by atoms with E-state index in [0.717, 1.165) is 82.2 Å². The van der Waals surface area contributed by atoms with Crippen molar-refractivity contribution in [1.82, 2.24) is 59.8 Å². The lowest BCUT2D eigenvalue weighted by molar-refractivity contribution is 0.261. The number of aryl methyl sites for hydroxylation is 2. The van der Waals surface area contributed by atoms with Crippen LogP contribution < -0.4 is 61.5 Å². The Morgan fingerprint density at radius 3 is 0.944 bits per heavy atom. The Hall–Kier alpha value is -19.5. The molecule has 144 heavy (non-hydrogen) atoms. The zero-order valence-corrected chi connectivity index (χ0v) is 75.5. The molecule has 0 spiro atoms. The van der Waals surface area contributed by atoms with Gasteiger partial charge in [0.15, 0.2) is 29.0 Å². The number of carbonyl (C=O) groups excluding carboxylic acids is 4. The Labute approximate surface area is 815 Å². The quantitative estimate of drug-likeness (QED) is 0.0329. The van der Waals surface area contributed by atoms with E-state index < -0.39 is 82.2 Å². The third-order valence-electron chi connectivity index (χ3n) is 20.6. The van der Waals surface area contributed by atoms with Crippen molar-refractivity contribution in [2.75, 3.05) is 42.5 Å². The van der Waals surface area contributed by atoms with E-state index in [1.54, 1.807) is 123 Å². The van der Waals surface area contributed by atoms with Gasteiger partial charge in [-0.25, -0.2) is 78.6 Å². The maximum absolute atomic E-state index is 14.7. The van der Waals surface area contributed by atoms with Gasteiger partial charge >= 0.3 is 24.1 Å². The number of rotatable bonds is 20. The van der Waals surface area contributed by atoms with Crippen molar-refractivity contribution < 1.29 is 77.6 Å². The van der Waals surface area contributed by atoms with Crippen molar-refractivity contribution in [2.24, 2.45) is 0 Å². The van der Waals surface area contributed by atoms with Gasteiger partial charge in [-0.05, 0) is 220 Å². The molecule has 28 nitrogen and oxygen atoms in total. The molecule has 12 aromatic carbocycles. The second-order valence-electron chi connectivity index (χ2n) is 31.1. The topological polar surface area (TPSA) is 356 Å². The van der Waals surface area contributed by atoms with Gasteiger partial charge in [0.2, 0.25) is 0 Å². The number of anilines is 8. The summed E-state index contributed by atoms with van der Waals surface area (Å²) < 4.78 is 150. The summed E-state index contributed by atoms with van der Waals surface area (Å²) in [5.41, 5.74) is 13.2. The Morgan fingerprint density at radius 2 is 0.590 bits per heavy atom. The Kier molecular flexibility index (Phi) is 29.6. The summed E-state index contributed by atoms with van der Waals surface area (Å²) in [6.07, 6.45) is 16.8. The SMILES string of the molecule is Cc1ccc(-c2cnc3ccc(Oc4c(F)cc(NC(=O)Nc5cccc(F)c5)cc4F)cc3n2)cn1.Cc1ccc(-c2cnc3ccc(Oc4ccc(NC(=O)Nc5cccc(F)c5)cc4F)cc3n2)cn1.O=C(Nc1ccc(Cl)c(F)c1)Nc1ccc(Oc2ccc3ncc(-c4cccnc4)nc3c2)cc1F.O=C(Nc1cccc(F)c1)Nc1ccc(Oc2ccc3ncc(-c4cccnc4)nc3c2)cc1F. The number of nitrogens with one attached hydrogen (secondary N) is 8. The van der Waals surface area contributed by atoms with E-state index in [0.29, 0.717) is 84.2 Å². The van der Waals surface area contributed by atoms with Crippen LogP contribution in [0.3, 0.4) is 0 Å². The molecule has 0 atom stereocenters. The van der Waals surface area contributed by atoms with Crippen LogP contribution in [-0.4, -0.2) is 83.9 Å². The Balaban J connectivity index is 0.000000132. The minimum atomic E-state index is -1.04. The summed E-state index contributed by atoms with van der Waals surface area (Å²) in [6.45, 7) is 3.78. The summed E-state index contributed by atoms with van der Waals surface area (Å²) in [6, 6.07) is 65.8. The number of halogens is 10. The lowest BCUT2D eigenvalue weighted by atomic mass is 10.2. The number of aromatic nitrogens is 12. The maximum atomic E-state index is 14.7. The number of ether oxygens (including phenoxy) is 4. The van der Waals surface area contributed by atoms with Crippen molar-refractivity contribution >= 4 is 125 Å². The third kappa shape index (κ3) is 25.5. The normalized spacial score (nSPS) is 10.8. The van der Waals surface area contributed by atoms with E-state index in [1.165, 1.54) is 121 Å². The van der Waals surface area contributed by atoms with Gasteiger partial charge in [-0.3, -0.25) is 39.9 Å². The van der Waals surface area contributed by atoms with E-state index in [4.69, 9.17) is 30.5 Å². The summed E-state index contributed by atoms with van der Waals surface area (Å²) in [5.74, 6) is -5.21. The van der Waals surface area contributed by atoms with E-state index in [-0.39, 0.29) is 73.5 Å². The van der Waals surface area contributed by atoms with Gasteiger partial charge in [0.1, 0.15) is 69.4 Å². The van der Waals surface area contributed by atoms with Crippen LogP contribution in [-0.2, 0) is 0 Å². The first-order chi connectivity index (χ1) is 69.7. The lowest BCUT2D eigenvalue weighted by Crippen LogP contribution is -2.20. The Bertz CT molecular complexity index is 8200. The van der Waals surface area contributed by atoms with E-state index in [2.05, 4.69) is 102 Å². The average Bonchev–Trinajstić information content (AvgIpc) is 0.825. The first-order valence-corrected chi connectivity index (χ1v) is 43.5. The standard InChI is InChI=1S/C27H18F3N5O2.C27H19F2N5O2.C26H16ClF2N5O2.C26H17F2N5O2/c1-15-5-6-16(13-31-15)25-14-32-23-8-7-20(12-24(23)35-25)37-26-21(29)10-19(11-22(26)30)34-27(36)33-18-4-2-3-17(28)9-18;1-16-5-6-17(14-30-16)25-15-31-23-9-8-21(13-24(23)34-25)36-26-10-7-20(12-22(26)29)33-27(35)32-19-4-2-3-18(28)11-19;27-19-6-3-16(10-20(19)28)32-26(35)34-22-7-4-17(11-21(22)29)36-18-5-8-23-24(12-18)33-25(14-31-23)15-2-1-9-30-13-15;27-17-4-1-5-18(11-17)31-26(34)33-22-8-6-19(12-21(22)28)35-20-7-9-23-24(13-20)32-25(15-30-23)16-3-2-10-29-14-16/h2-14H,1H3,(H2,33,34,36);2-15H,1H3,(H2,32,33,35);1-14H,(H2,32,34,35);1-15H,(H2,31,33,34). The zero-order valence-electron chi connectivity index (χ0n) is 74.7. The molecular formula is C106H70ClF9N20O8. The molecule has 0 aliphatic rings. The highest BCUT2D eigenvalue weighted by molar-refractivity contribution is 6.30. The maximum Gasteiger partial charge on any atom is 0.323 e. The predicted molar refractivity (Wildman–Crippen MR) is 528 cm³/mol. The number of amides is 8. The van der Waals surface area contributed by atoms with Crippen LogP contribution in [0.1, 0.15) is 11.4 Å². The highest BCUT2D eigenvalue weighted by Gasteiger charge is 2.21. The van der Waals surface area contributed by atoms with Crippen LogP contribution in [0.15, 0.2) is 341 Å². The van der Waals surface area contributed by atoms with Crippen molar-refractivity contribution in [3.8, 4) is 91.0 Å². The van der Waals surface area contributed by atoms with Crippen LogP contribution in [0.2, 0.25) is 5.02 Å². The lowest BCUT2D eigenvalue weighted by Gasteiger charge is -2.12. The smallest absolute Gasteiger partial charge is 0.323 e. The molecule has 0 saturated heterocycles. The number of pyridine rings is 4. The number of fused-ring (bicyclic) bond motifs is 4. The van der Waals surface area contributed by atoms with E-state index >= 15 is 0 Å². The molecule has 20 aromatic rings. The molecule has 38 heteroatoms. The molecule has 8 amide bonds. The van der Waals surface area contributed by atoms with E-state index in [9.17, 15) is 58.7 Å². The summed E-state index contributed by atoms with van der Waals surface area (Å²) in [4.78, 5) is 101. The number of benzene rings is 12. The van der Waals surface area contributed by atoms with Crippen molar-refractivity contribution in [3.05, 3.63) is 410 Å². The minimum absolute atomic E-state index is 0.0303. The molecule has 0 aliphatic carbocycles. The van der Waals surface area contributed by atoms with Crippen molar-refractivity contribution in [3.63, 3.8) is 0 Å². The molecule has 20 rings (SSSR count). The van der Waals surface area contributed by atoms with Crippen molar-refractivity contribution in [2.45, 2.75) is 13.8 Å². The Morgan fingerprint density at radius 1 is 0.257 bits per heavy atom. The first-order valence-electron chi connectivity index (χ1n) is 43.1. The molecular weight excluding hydrogens is 1890 g/mol. The first kappa shape index (κ1) is 96.2. The molecule has 0 fully saturated rings. The monoisotopic (exact) mass is 1960 g/mol. The van der Waals surface area contributed by atoms with Gasteiger partial charge in [-0.1, -0.05) is 29.8 Å². The molecule has 712 valence electrons. The van der Waals surface area contributed by atoms with Gasteiger partial charge in [0.05, 0.1) is 108 Å². The van der Waals surface area contributed by atoms with Gasteiger partial charge in [0.25, 0.3) is 0 Å². The van der Waals surface area contributed by atoms with Crippen LogP contribution in [0.4, 0.5) is 104 Å². The number of nitrogens with zero attached hydrogens (tertiary/aromatic N) is 12. The van der Waals surface area contributed by atoms with Gasteiger partial charge in [-0.15, -0.1) is 0 Å². The fourth-order valence-corrected chi connectivity index (χ4v) is 13.8. The molecule has 8 aromatic heterocycles. The largest absolute Gasteiger partial charge is 0.457 e. The number of carbonyl (C=O) groups is 4. The van der Waals surface area contributed by atoms with Crippen molar-refractivity contribution in [1.29, 1.82) is 0 Å². The predicted octanol–water partition coefficient (Wildman–Crippen LogP) is 27.0. The molecule has 0 aliphatic heterocycles. The van der Waals surface area contributed by atoms with E-state index in [1.807, 2.05) is 62.4 Å². The summed E-state index contributed by atoms with van der Waals surface area (Å²) >= 11 is 5.63. The minimum Gasteiger partial charge on any atom is -0.457 e. The molecule has 0 unspecified atom stereocenters. The zero-order chi connectivity index (χ0) is 100. The summed E-state index contributed by atoms with van der Waals surface area (Å²) in [7, 11) is 0. The highest BCUT2D eigenvalue weighted by atomic mass is 35.5. The van der Waals surface area contributed by atoms with Crippen LogP contribution in [0, 0.1) is 66.2 Å². The fraction of sp³-hybridized carbons (Fsp3) is 0.0189. The molecule has 8 N–H and O–H groups in total. The number of hydrogen-bond acceptors (Lipinski definition) is 20. The summed E-state index contributed by atoms with van der Waals surface area (Å²) in [5, 5.41) is 19.2. The van der Waals surface area contributed by atoms with Crippen LogP contribution >= 0.6 is 11.6 Å². The second kappa shape index (κ2) is 44.3. The third-order valence-corrected chi connectivity index (χ3v) is 20.9. The van der Waals surface area contributed by atoms with Crippen LogP contribution in [0.25, 0.3) is 89.2 Å². The number of urea groups is 4.